The third-order valence-corrected chi connectivity index (χ3v) is 6.13. The molecule has 1 aromatic heterocycles. The van der Waals surface area contributed by atoms with Gasteiger partial charge in [-0.1, -0.05) is 60.7 Å². The van der Waals surface area contributed by atoms with Crippen molar-refractivity contribution >= 4 is 6.09 Å². The minimum atomic E-state index is -0.553. The maximum absolute atomic E-state index is 12.9. The topological polar surface area (TPSA) is 72.2 Å². The number of piperidine rings is 1. The van der Waals surface area contributed by atoms with Gasteiger partial charge >= 0.3 is 6.09 Å². The zero-order valence-electron chi connectivity index (χ0n) is 16.3. The summed E-state index contributed by atoms with van der Waals surface area (Å²) in [6.45, 7) is 3.93. The Morgan fingerprint density at radius 3 is 2.55 bits per heavy atom. The van der Waals surface area contributed by atoms with Crippen LogP contribution >= 0.6 is 0 Å². The van der Waals surface area contributed by atoms with E-state index in [2.05, 4.69) is 22.4 Å². The summed E-state index contributed by atoms with van der Waals surface area (Å²) in [4.78, 5) is 19.5. The maximum Gasteiger partial charge on any atom is 0.411 e. The SMILES string of the molecule is Cc1nc(C2(c3ccccc3)C[NH2+]CC3C2OC(=O)N3Cc2ccccc2)co1. The van der Waals surface area contributed by atoms with Crippen molar-refractivity contribution in [2.45, 2.75) is 31.0 Å². The Hall–Kier alpha value is -3.12. The lowest BCUT2D eigenvalue weighted by molar-refractivity contribution is -0.675. The molecule has 29 heavy (non-hydrogen) atoms. The second-order valence-electron chi connectivity index (χ2n) is 7.80. The van der Waals surface area contributed by atoms with Crippen molar-refractivity contribution in [2.24, 2.45) is 0 Å². The average molecular weight is 390 g/mol. The molecule has 2 fully saturated rings. The van der Waals surface area contributed by atoms with Gasteiger partial charge in [0.25, 0.3) is 0 Å². The third kappa shape index (κ3) is 2.91. The number of nitrogens with two attached hydrogens (primary N) is 1. The van der Waals surface area contributed by atoms with Crippen molar-refractivity contribution in [3.8, 4) is 0 Å². The second-order valence-corrected chi connectivity index (χ2v) is 7.80. The smallest absolute Gasteiger partial charge is 0.411 e. The van der Waals surface area contributed by atoms with Crippen LogP contribution in [0.1, 0.15) is 22.7 Å². The van der Waals surface area contributed by atoms with E-state index >= 15 is 0 Å². The van der Waals surface area contributed by atoms with Gasteiger partial charge < -0.3 is 14.5 Å². The minimum Gasteiger partial charge on any atom is -0.449 e. The number of nitrogens with zero attached hydrogens (tertiary/aromatic N) is 2. The van der Waals surface area contributed by atoms with E-state index in [1.807, 2.05) is 60.4 Å². The average Bonchev–Trinajstić information content (AvgIpc) is 3.33. The Morgan fingerprint density at radius 1 is 1.14 bits per heavy atom. The number of hydrogen-bond acceptors (Lipinski definition) is 4. The van der Waals surface area contributed by atoms with Crippen LogP contribution in [0.4, 0.5) is 4.79 Å². The summed E-state index contributed by atoms with van der Waals surface area (Å²) in [7, 11) is 0. The van der Waals surface area contributed by atoms with Crippen molar-refractivity contribution in [3.63, 3.8) is 0 Å². The molecule has 148 valence electrons. The van der Waals surface area contributed by atoms with Crippen molar-refractivity contribution < 1.29 is 19.3 Å². The maximum atomic E-state index is 12.9. The Morgan fingerprint density at radius 2 is 1.86 bits per heavy atom. The first-order valence-electron chi connectivity index (χ1n) is 9.99. The number of amides is 1. The number of aromatic nitrogens is 1. The molecule has 6 nitrogen and oxygen atoms in total. The number of benzene rings is 2. The molecule has 2 aromatic carbocycles. The lowest BCUT2D eigenvalue weighted by atomic mass is 9.69. The van der Waals surface area contributed by atoms with Gasteiger partial charge in [0.2, 0.25) is 0 Å². The highest BCUT2D eigenvalue weighted by atomic mass is 16.6. The Labute approximate surface area is 169 Å². The molecule has 0 saturated carbocycles. The first kappa shape index (κ1) is 17.9. The molecule has 2 aliphatic rings. The van der Waals surface area contributed by atoms with Crippen LogP contribution in [-0.2, 0) is 16.7 Å². The van der Waals surface area contributed by atoms with Gasteiger partial charge in [-0.2, -0.15) is 0 Å². The summed E-state index contributed by atoms with van der Waals surface area (Å²) in [5, 5.41) is 2.26. The Bertz CT molecular complexity index is 1000. The van der Waals surface area contributed by atoms with Crippen LogP contribution in [0.25, 0.3) is 0 Å². The number of oxazole rings is 1. The van der Waals surface area contributed by atoms with Crippen molar-refractivity contribution in [3.05, 3.63) is 89.6 Å². The number of hydrogen-bond donors (Lipinski definition) is 1. The number of rotatable bonds is 4. The summed E-state index contributed by atoms with van der Waals surface area (Å²) in [5.41, 5.74) is 2.46. The quantitative estimate of drug-likeness (QED) is 0.742. The first-order valence-corrected chi connectivity index (χ1v) is 9.99. The summed E-state index contributed by atoms with van der Waals surface area (Å²) in [6.07, 6.45) is 1.13. The van der Waals surface area contributed by atoms with E-state index in [0.717, 1.165) is 29.9 Å². The van der Waals surface area contributed by atoms with E-state index in [1.54, 1.807) is 6.26 Å². The Balaban J connectivity index is 1.58. The fourth-order valence-electron chi connectivity index (χ4n) is 4.78. The lowest BCUT2D eigenvalue weighted by Crippen LogP contribution is -2.95. The first-order chi connectivity index (χ1) is 14.2. The number of quaternary nitrogens is 1. The van der Waals surface area contributed by atoms with Gasteiger partial charge in [0.15, 0.2) is 12.0 Å². The Kier molecular flexibility index (Phi) is 4.36. The van der Waals surface area contributed by atoms with Gasteiger partial charge in [-0.05, 0) is 11.1 Å². The minimum absolute atomic E-state index is 0.0475. The molecule has 2 saturated heterocycles. The van der Waals surface area contributed by atoms with Crippen LogP contribution < -0.4 is 5.32 Å². The summed E-state index contributed by atoms with van der Waals surface area (Å²) < 4.78 is 11.7. The van der Waals surface area contributed by atoms with Crippen molar-refractivity contribution in [2.75, 3.05) is 13.1 Å². The number of carbonyl (C=O) groups excluding carboxylic acids is 1. The van der Waals surface area contributed by atoms with Gasteiger partial charge in [0.05, 0.1) is 12.2 Å². The fourth-order valence-corrected chi connectivity index (χ4v) is 4.78. The van der Waals surface area contributed by atoms with E-state index in [9.17, 15) is 4.79 Å². The van der Waals surface area contributed by atoms with Crippen molar-refractivity contribution in [1.82, 2.24) is 9.88 Å². The van der Waals surface area contributed by atoms with Crippen LogP contribution in [0.3, 0.4) is 0 Å². The number of fused-ring (bicyclic) bond motifs is 1. The standard InChI is InChI=1S/C23H23N3O3/c1-16-25-20(14-28-16)23(18-10-6-3-7-11-18)15-24-12-19-21(23)29-22(27)26(19)13-17-8-4-2-5-9-17/h2-11,14,19,21,24H,12-13,15H2,1H3/p+1. The highest BCUT2D eigenvalue weighted by Gasteiger charge is 2.60. The molecule has 3 unspecified atom stereocenters. The van der Waals surface area contributed by atoms with Gasteiger partial charge in [0, 0.05) is 13.5 Å². The molecule has 1 amide bonds. The molecular formula is C23H24N3O3+. The zero-order chi connectivity index (χ0) is 19.8. The monoisotopic (exact) mass is 390 g/mol. The molecule has 2 aliphatic heterocycles. The normalized spacial score (nSPS) is 26.2. The van der Waals surface area contributed by atoms with Gasteiger partial charge in [-0.3, -0.25) is 4.90 Å². The number of carbonyl (C=O) groups is 1. The molecule has 0 radical (unpaired) electrons. The fraction of sp³-hybridized carbons (Fsp3) is 0.304. The predicted molar refractivity (Wildman–Crippen MR) is 106 cm³/mol. The van der Waals surface area contributed by atoms with E-state index in [1.165, 1.54) is 0 Å². The number of aryl methyl sites for hydroxylation is 1. The molecule has 3 aromatic rings. The van der Waals surface area contributed by atoms with E-state index in [4.69, 9.17) is 9.15 Å². The van der Waals surface area contributed by atoms with Crippen LogP contribution in [0.5, 0.6) is 0 Å². The van der Waals surface area contributed by atoms with Crippen LogP contribution in [-0.4, -0.2) is 41.2 Å². The van der Waals surface area contributed by atoms with E-state index in [0.29, 0.717) is 12.4 Å². The molecule has 0 aliphatic carbocycles. The molecule has 5 rings (SSSR count). The lowest BCUT2D eigenvalue weighted by Gasteiger charge is -2.41. The molecule has 3 atom stereocenters. The molecule has 3 heterocycles. The summed E-state index contributed by atoms with van der Waals surface area (Å²) >= 11 is 0. The highest BCUT2D eigenvalue weighted by molar-refractivity contribution is 5.71. The van der Waals surface area contributed by atoms with Crippen LogP contribution in [0, 0.1) is 6.92 Å². The van der Waals surface area contributed by atoms with Gasteiger partial charge in [0.1, 0.15) is 24.3 Å². The van der Waals surface area contributed by atoms with Gasteiger partial charge in [-0.25, -0.2) is 9.78 Å². The molecule has 0 spiro atoms. The largest absolute Gasteiger partial charge is 0.449 e. The third-order valence-electron chi connectivity index (χ3n) is 6.13. The molecule has 2 N–H and O–H groups in total. The molecular weight excluding hydrogens is 366 g/mol. The van der Waals surface area contributed by atoms with E-state index in [-0.39, 0.29) is 18.2 Å². The highest BCUT2D eigenvalue weighted by Crippen LogP contribution is 2.42. The second kappa shape index (κ2) is 7.04. The van der Waals surface area contributed by atoms with E-state index < -0.39 is 5.41 Å². The van der Waals surface area contributed by atoms with Crippen LogP contribution in [0.15, 0.2) is 71.3 Å². The van der Waals surface area contributed by atoms with Gasteiger partial charge in [-0.15, -0.1) is 0 Å². The number of ether oxygens (including phenoxy) is 1. The molecule has 0 bridgehead atoms. The van der Waals surface area contributed by atoms with Crippen molar-refractivity contribution in [1.29, 1.82) is 0 Å². The predicted octanol–water partition coefficient (Wildman–Crippen LogP) is 2.24. The summed E-state index contributed by atoms with van der Waals surface area (Å²) in [6, 6.07) is 20.2. The molecule has 6 heteroatoms. The zero-order valence-corrected chi connectivity index (χ0v) is 16.3. The van der Waals surface area contributed by atoms with Crippen LogP contribution in [0.2, 0.25) is 0 Å². The summed E-state index contributed by atoms with van der Waals surface area (Å²) in [5.74, 6) is 0.614.